The van der Waals surface area contributed by atoms with Gasteiger partial charge in [0.15, 0.2) is 0 Å². The molecule has 0 bridgehead atoms. The number of nitrogens with two attached hydrogens (primary N) is 1. The monoisotopic (exact) mass is 470 g/mol. The number of carbonyl (C=O) groups excluding carboxylic acids is 2. The van der Waals surface area contributed by atoms with Gasteiger partial charge in [0.2, 0.25) is 16.1 Å². The number of amides is 1. The van der Waals surface area contributed by atoms with Gasteiger partial charge in [-0.2, -0.15) is 0 Å². The summed E-state index contributed by atoms with van der Waals surface area (Å²) in [5.41, 5.74) is 0.246. The van der Waals surface area contributed by atoms with E-state index in [-0.39, 0.29) is 21.5 Å². The van der Waals surface area contributed by atoms with Crippen LogP contribution in [0.3, 0.4) is 0 Å². The summed E-state index contributed by atoms with van der Waals surface area (Å²) in [4.78, 5) is 27.2. The van der Waals surface area contributed by atoms with Crippen LogP contribution in [-0.2, 0) is 19.6 Å². The molecular weight excluding hydrogens is 451 g/mol. The summed E-state index contributed by atoms with van der Waals surface area (Å²) in [6.45, 7) is 1.16. The first-order valence-electron chi connectivity index (χ1n) is 9.25. The van der Waals surface area contributed by atoms with Gasteiger partial charge in [0.1, 0.15) is 4.90 Å². The summed E-state index contributed by atoms with van der Waals surface area (Å²) in [7, 11) is -4.19. The number of piperidine rings is 1. The van der Waals surface area contributed by atoms with Crippen molar-refractivity contribution in [2.24, 2.45) is 5.14 Å². The standard InChI is InChI=1S/C20H20Cl2N2O5S/c21-15-12-16(22)17(30(23,27)28)11-14(15)20(26)29-18(13-7-3-1-4-8-13)19(25)24-9-5-2-6-10-24/h1,3-4,7-8,11-12,18H,2,5-6,9-10H2,(H2,23,27,28)/t18-/m1/s1. The molecule has 0 unspecified atom stereocenters. The van der Waals surface area contributed by atoms with Crippen LogP contribution in [0.2, 0.25) is 10.0 Å². The van der Waals surface area contributed by atoms with Crippen LogP contribution < -0.4 is 5.14 Å². The Morgan fingerprint density at radius 1 is 1.00 bits per heavy atom. The van der Waals surface area contributed by atoms with E-state index in [4.69, 9.17) is 33.1 Å². The molecule has 1 heterocycles. The highest BCUT2D eigenvalue weighted by atomic mass is 35.5. The zero-order valence-corrected chi connectivity index (χ0v) is 18.2. The number of benzene rings is 2. The number of likely N-dealkylation sites (tertiary alicyclic amines) is 1. The summed E-state index contributed by atoms with van der Waals surface area (Å²) in [6.07, 6.45) is 1.60. The van der Waals surface area contributed by atoms with Crippen LogP contribution >= 0.6 is 23.2 Å². The molecule has 160 valence electrons. The van der Waals surface area contributed by atoms with Crippen LogP contribution in [0.4, 0.5) is 0 Å². The average molecular weight is 471 g/mol. The highest BCUT2D eigenvalue weighted by molar-refractivity contribution is 7.89. The number of primary sulfonamides is 1. The van der Waals surface area contributed by atoms with Crippen LogP contribution in [0.15, 0.2) is 47.4 Å². The fraction of sp³-hybridized carbons (Fsp3) is 0.300. The van der Waals surface area contributed by atoms with Gasteiger partial charge in [0.25, 0.3) is 5.91 Å². The fourth-order valence-corrected chi connectivity index (χ4v) is 4.64. The molecule has 2 N–H and O–H groups in total. The SMILES string of the molecule is NS(=O)(=O)c1cc(C(=O)O[C@@H](C(=O)N2CCCCC2)c2ccccc2)c(Cl)cc1Cl. The highest BCUT2D eigenvalue weighted by Gasteiger charge is 2.31. The van der Waals surface area contributed by atoms with Crippen molar-refractivity contribution in [3.63, 3.8) is 0 Å². The average Bonchev–Trinajstić information content (AvgIpc) is 2.71. The minimum absolute atomic E-state index is 0.116. The van der Waals surface area contributed by atoms with E-state index in [2.05, 4.69) is 0 Å². The van der Waals surface area contributed by atoms with Gasteiger partial charge >= 0.3 is 5.97 Å². The Hall–Kier alpha value is -2.13. The molecule has 0 aromatic heterocycles. The topological polar surface area (TPSA) is 107 Å². The predicted molar refractivity (Wildman–Crippen MR) is 113 cm³/mol. The van der Waals surface area contributed by atoms with Gasteiger partial charge < -0.3 is 9.64 Å². The largest absolute Gasteiger partial charge is 0.444 e. The second kappa shape index (κ2) is 9.34. The number of rotatable bonds is 5. The predicted octanol–water partition coefficient (Wildman–Crippen LogP) is 3.55. The number of hydrogen-bond acceptors (Lipinski definition) is 5. The highest BCUT2D eigenvalue weighted by Crippen LogP contribution is 2.30. The summed E-state index contributed by atoms with van der Waals surface area (Å²) < 4.78 is 29.0. The lowest BCUT2D eigenvalue weighted by Crippen LogP contribution is -2.40. The van der Waals surface area contributed by atoms with E-state index in [1.807, 2.05) is 0 Å². The van der Waals surface area contributed by atoms with Crippen molar-refractivity contribution in [3.05, 3.63) is 63.6 Å². The van der Waals surface area contributed by atoms with Crippen molar-refractivity contribution in [2.75, 3.05) is 13.1 Å². The molecule has 2 aromatic rings. The summed E-state index contributed by atoms with van der Waals surface area (Å²) >= 11 is 12.0. The first-order valence-corrected chi connectivity index (χ1v) is 11.6. The molecule has 0 spiro atoms. The van der Waals surface area contributed by atoms with E-state index in [1.54, 1.807) is 35.2 Å². The third-order valence-corrected chi connectivity index (χ3v) is 6.46. The van der Waals surface area contributed by atoms with Gasteiger partial charge in [0.05, 0.1) is 15.6 Å². The van der Waals surface area contributed by atoms with Crippen LogP contribution in [0.5, 0.6) is 0 Å². The number of halogens is 2. The van der Waals surface area contributed by atoms with Gasteiger partial charge in [-0.05, 0) is 31.4 Å². The summed E-state index contributed by atoms with van der Waals surface area (Å²) in [5, 5.41) is 4.81. The second-order valence-electron chi connectivity index (χ2n) is 6.89. The zero-order valence-electron chi connectivity index (χ0n) is 15.9. The Balaban J connectivity index is 1.95. The first-order chi connectivity index (χ1) is 14.2. The van der Waals surface area contributed by atoms with E-state index in [0.29, 0.717) is 18.7 Å². The van der Waals surface area contributed by atoms with Gasteiger partial charge in [0, 0.05) is 18.7 Å². The minimum Gasteiger partial charge on any atom is -0.444 e. The third-order valence-electron chi connectivity index (χ3n) is 4.77. The third kappa shape index (κ3) is 5.13. The van der Waals surface area contributed by atoms with Crippen LogP contribution in [0.25, 0.3) is 0 Å². The van der Waals surface area contributed by atoms with Crippen molar-refractivity contribution in [3.8, 4) is 0 Å². The number of hydrogen-bond donors (Lipinski definition) is 1. The van der Waals surface area contributed by atoms with Gasteiger partial charge in [-0.1, -0.05) is 53.5 Å². The van der Waals surface area contributed by atoms with Crippen molar-refractivity contribution < 1.29 is 22.7 Å². The summed E-state index contributed by atoms with van der Waals surface area (Å²) in [6, 6.07) is 10.7. The maximum atomic E-state index is 13.1. The number of esters is 1. The van der Waals surface area contributed by atoms with Crippen molar-refractivity contribution in [2.45, 2.75) is 30.3 Å². The first kappa shape index (κ1) is 22.6. The minimum atomic E-state index is -4.19. The summed E-state index contributed by atoms with van der Waals surface area (Å²) in [5.74, 6) is -1.30. The molecule has 1 amide bonds. The Morgan fingerprint density at radius 2 is 1.63 bits per heavy atom. The van der Waals surface area contributed by atoms with Crippen molar-refractivity contribution in [1.29, 1.82) is 0 Å². The molecule has 7 nitrogen and oxygen atoms in total. The van der Waals surface area contributed by atoms with E-state index >= 15 is 0 Å². The van der Waals surface area contributed by atoms with E-state index in [9.17, 15) is 18.0 Å². The smallest absolute Gasteiger partial charge is 0.340 e. The van der Waals surface area contributed by atoms with Gasteiger partial charge in [-0.3, -0.25) is 4.79 Å². The molecule has 2 aromatic carbocycles. The molecule has 1 aliphatic heterocycles. The number of sulfonamides is 1. The van der Waals surface area contributed by atoms with Crippen LogP contribution in [0, 0.1) is 0 Å². The van der Waals surface area contributed by atoms with E-state index < -0.39 is 27.0 Å². The molecule has 0 aliphatic carbocycles. The van der Waals surface area contributed by atoms with Crippen LogP contribution in [-0.4, -0.2) is 38.3 Å². The lowest BCUT2D eigenvalue weighted by atomic mass is 10.1. The van der Waals surface area contributed by atoms with Gasteiger partial charge in [-0.15, -0.1) is 0 Å². The molecule has 1 atom stereocenters. The number of carbonyl (C=O) groups is 2. The molecule has 0 radical (unpaired) electrons. The lowest BCUT2D eigenvalue weighted by molar-refractivity contribution is -0.142. The van der Waals surface area contributed by atoms with Crippen LogP contribution in [0.1, 0.15) is 41.3 Å². The number of ether oxygens (including phenoxy) is 1. The zero-order chi connectivity index (χ0) is 21.9. The van der Waals surface area contributed by atoms with E-state index in [0.717, 1.165) is 31.4 Å². The second-order valence-corrected chi connectivity index (χ2v) is 9.23. The van der Waals surface area contributed by atoms with Crippen molar-refractivity contribution in [1.82, 2.24) is 4.90 Å². The normalized spacial score (nSPS) is 15.5. The van der Waals surface area contributed by atoms with Gasteiger partial charge in [-0.25, -0.2) is 18.4 Å². The molecule has 30 heavy (non-hydrogen) atoms. The molecule has 3 rings (SSSR count). The molecule has 10 heteroatoms. The Bertz CT molecular complexity index is 1050. The Morgan fingerprint density at radius 3 is 2.23 bits per heavy atom. The Kier molecular flexibility index (Phi) is 7.02. The Labute approximate surface area is 184 Å². The fourth-order valence-electron chi connectivity index (χ4n) is 3.24. The molecule has 1 fully saturated rings. The molecule has 0 saturated carbocycles. The van der Waals surface area contributed by atoms with Crippen molar-refractivity contribution >= 4 is 45.1 Å². The quantitative estimate of drug-likeness (QED) is 0.672. The van der Waals surface area contributed by atoms with E-state index in [1.165, 1.54) is 0 Å². The molecule has 1 aliphatic rings. The molecule has 1 saturated heterocycles. The number of nitrogens with zero attached hydrogens (tertiary/aromatic N) is 1. The maximum absolute atomic E-state index is 13.1. The molecular formula is C20H20Cl2N2O5S. The maximum Gasteiger partial charge on any atom is 0.340 e. The lowest BCUT2D eigenvalue weighted by Gasteiger charge is -2.30.